The Hall–Kier alpha value is -0.330. The summed E-state index contributed by atoms with van der Waals surface area (Å²) in [5, 5.41) is 0. The number of carbonyl (C=O) groups excluding carboxylic acids is 1. The molecule has 0 heterocycles. The van der Waals surface area contributed by atoms with E-state index in [0.29, 0.717) is 11.2 Å². The van der Waals surface area contributed by atoms with Gasteiger partial charge in [0, 0.05) is 12.8 Å². The van der Waals surface area contributed by atoms with Crippen molar-refractivity contribution in [2.24, 2.45) is 11.3 Å². The minimum atomic E-state index is 0.412. The molecular formula is C10H16O. The highest BCUT2D eigenvalue weighted by atomic mass is 16.1. The Bertz CT molecular complexity index is 181. The van der Waals surface area contributed by atoms with Crippen LogP contribution in [0.3, 0.4) is 0 Å². The average molecular weight is 152 g/mol. The van der Waals surface area contributed by atoms with Gasteiger partial charge in [-0.2, -0.15) is 0 Å². The van der Waals surface area contributed by atoms with Crippen LogP contribution in [0.15, 0.2) is 0 Å². The predicted octanol–water partition coefficient (Wildman–Crippen LogP) is 2.55. The maximum atomic E-state index is 11.1. The molecule has 2 saturated carbocycles. The number of Topliss-reactive ketones (excluding diaryl/α,β-unsaturated/α-hetero) is 1. The summed E-state index contributed by atoms with van der Waals surface area (Å²) in [6.45, 7) is 2.31. The van der Waals surface area contributed by atoms with Gasteiger partial charge < -0.3 is 0 Å². The molecule has 0 N–H and O–H groups in total. The van der Waals surface area contributed by atoms with Gasteiger partial charge in [-0.05, 0) is 30.6 Å². The Labute approximate surface area is 68.2 Å². The lowest BCUT2D eigenvalue weighted by molar-refractivity contribution is -0.118. The van der Waals surface area contributed by atoms with Crippen molar-refractivity contribution in [3.8, 4) is 0 Å². The van der Waals surface area contributed by atoms with E-state index >= 15 is 0 Å². The van der Waals surface area contributed by atoms with Crippen molar-refractivity contribution in [2.45, 2.75) is 45.4 Å². The highest BCUT2D eigenvalue weighted by molar-refractivity contribution is 5.81. The molecule has 0 bridgehead atoms. The zero-order valence-electron chi connectivity index (χ0n) is 7.23. The van der Waals surface area contributed by atoms with Crippen molar-refractivity contribution < 1.29 is 4.79 Å². The lowest BCUT2D eigenvalue weighted by Gasteiger charge is -2.39. The topological polar surface area (TPSA) is 17.1 Å². The Balaban J connectivity index is 2.03. The van der Waals surface area contributed by atoms with Gasteiger partial charge in [-0.1, -0.05) is 13.3 Å². The third-order valence-corrected chi connectivity index (χ3v) is 3.67. The molecule has 0 aromatic carbocycles. The van der Waals surface area contributed by atoms with Crippen molar-refractivity contribution in [1.82, 2.24) is 0 Å². The van der Waals surface area contributed by atoms with Crippen molar-refractivity contribution >= 4 is 5.78 Å². The van der Waals surface area contributed by atoms with E-state index in [0.717, 1.165) is 25.2 Å². The van der Waals surface area contributed by atoms with E-state index in [2.05, 4.69) is 6.92 Å². The number of rotatable bonds is 1. The van der Waals surface area contributed by atoms with Crippen LogP contribution in [0.5, 0.6) is 0 Å². The highest BCUT2D eigenvalue weighted by Crippen LogP contribution is 2.50. The molecule has 2 aliphatic carbocycles. The first-order valence-electron chi connectivity index (χ1n) is 4.72. The average Bonchev–Trinajstić information content (AvgIpc) is 2.06. The lowest BCUT2D eigenvalue weighted by Crippen LogP contribution is -2.30. The van der Waals surface area contributed by atoms with Crippen LogP contribution in [0.2, 0.25) is 0 Å². The molecule has 0 spiro atoms. The maximum absolute atomic E-state index is 11.1. The SMILES string of the molecule is CC1(C2CCC2)CCC(=O)C1. The Morgan fingerprint density at radius 2 is 2.18 bits per heavy atom. The molecule has 0 aromatic rings. The van der Waals surface area contributed by atoms with Crippen LogP contribution in [0, 0.1) is 11.3 Å². The van der Waals surface area contributed by atoms with E-state index in [-0.39, 0.29) is 0 Å². The van der Waals surface area contributed by atoms with Crippen LogP contribution in [0.25, 0.3) is 0 Å². The predicted molar refractivity (Wildman–Crippen MR) is 44.3 cm³/mol. The van der Waals surface area contributed by atoms with Crippen LogP contribution in [0.1, 0.15) is 45.4 Å². The van der Waals surface area contributed by atoms with Crippen LogP contribution < -0.4 is 0 Å². The highest BCUT2D eigenvalue weighted by Gasteiger charge is 2.42. The van der Waals surface area contributed by atoms with Gasteiger partial charge in [-0.15, -0.1) is 0 Å². The summed E-state index contributed by atoms with van der Waals surface area (Å²) >= 11 is 0. The summed E-state index contributed by atoms with van der Waals surface area (Å²) in [4.78, 5) is 11.1. The molecule has 1 nitrogen and oxygen atoms in total. The normalized spacial score (nSPS) is 39.2. The smallest absolute Gasteiger partial charge is 0.133 e. The molecule has 0 amide bonds. The first-order valence-corrected chi connectivity index (χ1v) is 4.72. The van der Waals surface area contributed by atoms with Gasteiger partial charge in [0.25, 0.3) is 0 Å². The summed E-state index contributed by atoms with van der Waals surface area (Å²) in [7, 11) is 0. The monoisotopic (exact) mass is 152 g/mol. The molecule has 1 unspecified atom stereocenters. The number of ketones is 1. The minimum Gasteiger partial charge on any atom is -0.300 e. The van der Waals surface area contributed by atoms with Crippen LogP contribution in [0.4, 0.5) is 0 Å². The minimum absolute atomic E-state index is 0.412. The molecule has 62 valence electrons. The summed E-state index contributed by atoms with van der Waals surface area (Å²) in [5.41, 5.74) is 0.412. The standard InChI is InChI=1S/C10H16O/c1-10(8-3-2-4-8)6-5-9(11)7-10/h8H,2-7H2,1H3. The van der Waals surface area contributed by atoms with E-state index in [1.54, 1.807) is 0 Å². The third kappa shape index (κ3) is 1.11. The van der Waals surface area contributed by atoms with E-state index in [4.69, 9.17) is 0 Å². The molecule has 0 saturated heterocycles. The van der Waals surface area contributed by atoms with Gasteiger partial charge in [0.2, 0.25) is 0 Å². The van der Waals surface area contributed by atoms with E-state index < -0.39 is 0 Å². The molecular weight excluding hydrogens is 136 g/mol. The maximum Gasteiger partial charge on any atom is 0.133 e. The quantitative estimate of drug-likeness (QED) is 0.564. The Kier molecular flexibility index (Phi) is 1.55. The molecule has 2 aliphatic rings. The zero-order chi connectivity index (χ0) is 7.90. The summed E-state index contributed by atoms with van der Waals surface area (Å²) in [5.74, 6) is 1.38. The van der Waals surface area contributed by atoms with E-state index in [1.807, 2.05) is 0 Å². The van der Waals surface area contributed by atoms with Gasteiger partial charge in [-0.3, -0.25) is 4.79 Å². The first-order chi connectivity index (χ1) is 5.21. The Morgan fingerprint density at radius 3 is 2.55 bits per heavy atom. The fraction of sp³-hybridized carbons (Fsp3) is 0.900. The van der Waals surface area contributed by atoms with E-state index in [9.17, 15) is 4.79 Å². The van der Waals surface area contributed by atoms with Gasteiger partial charge in [0.1, 0.15) is 5.78 Å². The summed E-state index contributed by atoms with van der Waals surface area (Å²) in [6.07, 6.45) is 7.04. The van der Waals surface area contributed by atoms with Crippen LogP contribution >= 0.6 is 0 Å². The summed E-state index contributed by atoms with van der Waals surface area (Å²) in [6, 6.07) is 0. The molecule has 2 rings (SSSR count). The van der Waals surface area contributed by atoms with Crippen molar-refractivity contribution in [3.05, 3.63) is 0 Å². The van der Waals surface area contributed by atoms with Crippen molar-refractivity contribution in [3.63, 3.8) is 0 Å². The number of hydrogen-bond donors (Lipinski definition) is 0. The Morgan fingerprint density at radius 1 is 1.45 bits per heavy atom. The molecule has 1 heteroatoms. The second-order valence-corrected chi connectivity index (χ2v) is 4.50. The molecule has 0 aromatic heterocycles. The first kappa shape index (κ1) is 7.33. The lowest BCUT2D eigenvalue weighted by atomic mass is 9.65. The fourth-order valence-electron chi connectivity index (χ4n) is 2.51. The van der Waals surface area contributed by atoms with Crippen LogP contribution in [-0.4, -0.2) is 5.78 Å². The fourth-order valence-corrected chi connectivity index (χ4v) is 2.51. The van der Waals surface area contributed by atoms with Gasteiger partial charge in [-0.25, -0.2) is 0 Å². The molecule has 2 fully saturated rings. The molecule has 11 heavy (non-hydrogen) atoms. The number of carbonyl (C=O) groups is 1. The van der Waals surface area contributed by atoms with Crippen molar-refractivity contribution in [2.75, 3.05) is 0 Å². The van der Waals surface area contributed by atoms with E-state index in [1.165, 1.54) is 19.3 Å². The third-order valence-electron chi connectivity index (χ3n) is 3.67. The number of hydrogen-bond acceptors (Lipinski definition) is 1. The van der Waals surface area contributed by atoms with Crippen molar-refractivity contribution in [1.29, 1.82) is 0 Å². The van der Waals surface area contributed by atoms with Gasteiger partial charge in [0.05, 0.1) is 0 Å². The second kappa shape index (κ2) is 2.33. The molecule has 0 aliphatic heterocycles. The second-order valence-electron chi connectivity index (χ2n) is 4.50. The molecule has 0 radical (unpaired) electrons. The van der Waals surface area contributed by atoms with Crippen LogP contribution in [-0.2, 0) is 4.79 Å². The van der Waals surface area contributed by atoms with Gasteiger partial charge >= 0.3 is 0 Å². The summed E-state index contributed by atoms with van der Waals surface area (Å²) < 4.78 is 0. The van der Waals surface area contributed by atoms with Gasteiger partial charge in [0.15, 0.2) is 0 Å². The largest absolute Gasteiger partial charge is 0.300 e. The zero-order valence-corrected chi connectivity index (χ0v) is 7.23. The molecule has 1 atom stereocenters.